The predicted octanol–water partition coefficient (Wildman–Crippen LogP) is 6.88. The SMILES string of the molecule is COC(=O)C1=C(C(=O)OC)P2C3(C(C)(C)C)SP4[C@](C(C)(C)C)(P13)[C@]24C(C)(C)C. The summed E-state index contributed by atoms with van der Waals surface area (Å²) < 4.78 is 10.6. The Morgan fingerprint density at radius 3 is 1.31 bits per heavy atom. The maximum Gasteiger partial charge on any atom is 0.339 e. The molecule has 0 radical (unpaired) electrons. The Labute approximate surface area is 182 Å². The standard InChI is InChI=1S/C21H33O4P3S/c1-16(2,3)19-20(17(4,5)6)27-13(15(23)25-11)12(14(22)24-10)26(19)21(27,18(7,8)9)29-28(19)20/h1-11H3/t19-,20+,21?,26?,27?,28?. The average molecular weight is 474 g/mol. The van der Waals surface area contributed by atoms with Crippen LogP contribution in [0.15, 0.2) is 10.6 Å². The van der Waals surface area contributed by atoms with Gasteiger partial charge in [0, 0.05) is 9.79 Å². The Bertz CT molecular complexity index is 805. The zero-order valence-corrected chi connectivity index (χ0v) is 22.9. The van der Waals surface area contributed by atoms with Crippen LogP contribution in [-0.4, -0.2) is 40.2 Å². The van der Waals surface area contributed by atoms with E-state index in [2.05, 4.69) is 73.7 Å². The van der Waals surface area contributed by atoms with Crippen molar-refractivity contribution in [2.75, 3.05) is 14.2 Å². The van der Waals surface area contributed by atoms with E-state index in [-0.39, 0.29) is 49.3 Å². The predicted molar refractivity (Wildman–Crippen MR) is 126 cm³/mol. The molecule has 0 N–H and O–H groups in total. The quantitative estimate of drug-likeness (QED) is 0.323. The van der Waals surface area contributed by atoms with Crippen molar-refractivity contribution in [2.45, 2.75) is 76.3 Å². The van der Waals surface area contributed by atoms with Gasteiger partial charge in [0.1, 0.15) is 0 Å². The summed E-state index contributed by atoms with van der Waals surface area (Å²) in [5, 5.41) is 1.42. The highest BCUT2D eigenvalue weighted by Crippen LogP contribution is 3.31. The fourth-order valence-corrected chi connectivity index (χ4v) is 38.8. The summed E-state index contributed by atoms with van der Waals surface area (Å²) in [4.78, 5) is 26.6. The van der Waals surface area contributed by atoms with Crippen molar-refractivity contribution in [1.82, 2.24) is 0 Å². The molecule has 4 nitrogen and oxygen atoms in total. The van der Waals surface area contributed by atoms with Crippen LogP contribution in [0.4, 0.5) is 0 Å². The number of esters is 2. The minimum absolute atomic E-state index is 0.0127. The van der Waals surface area contributed by atoms with Crippen LogP contribution in [0.2, 0.25) is 0 Å². The van der Waals surface area contributed by atoms with E-state index in [0.29, 0.717) is 10.6 Å². The second-order valence-electron chi connectivity index (χ2n) is 11.4. The molecule has 6 bridgehead atoms. The summed E-state index contributed by atoms with van der Waals surface area (Å²) in [6, 6.07) is 0. The van der Waals surface area contributed by atoms with Gasteiger partial charge in [0.2, 0.25) is 0 Å². The second kappa shape index (κ2) is 5.81. The number of carbonyl (C=O) groups excluding carboxylic acids is 2. The number of carbonyl (C=O) groups is 2. The van der Waals surface area contributed by atoms with Crippen molar-refractivity contribution in [3.8, 4) is 0 Å². The van der Waals surface area contributed by atoms with Crippen LogP contribution in [0.5, 0.6) is 0 Å². The van der Waals surface area contributed by atoms with E-state index in [1.165, 1.54) is 14.2 Å². The fourth-order valence-electron chi connectivity index (χ4n) is 6.23. The van der Waals surface area contributed by atoms with Gasteiger partial charge in [-0.1, -0.05) is 62.3 Å². The Hall–Kier alpha value is 0.320. The molecule has 0 amide bonds. The van der Waals surface area contributed by atoms with Gasteiger partial charge in [0.25, 0.3) is 0 Å². The smallest absolute Gasteiger partial charge is 0.339 e. The molecule has 5 aliphatic heterocycles. The number of hydrogen-bond acceptors (Lipinski definition) is 5. The van der Waals surface area contributed by atoms with Gasteiger partial charge < -0.3 is 9.47 Å². The average Bonchev–Trinajstić information content (AvgIpc) is 2.89. The lowest BCUT2D eigenvalue weighted by Gasteiger charge is -2.43. The van der Waals surface area contributed by atoms with Gasteiger partial charge in [-0.15, -0.1) is 11.4 Å². The second-order valence-corrected chi connectivity index (χ2v) is 22.4. The first-order valence-electron chi connectivity index (χ1n) is 10.1. The van der Waals surface area contributed by atoms with E-state index in [4.69, 9.17) is 9.47 Å². The van der Waals surface area contributed by atoms with Crippen molar-refractivity contribution in [1.29, 1.82) is 0 Å². The van der Waals surface area contributed by atoms with Crippen LogP contribution in [0.3, 0.4) is 0 Å². The van der Waals surface area contributed by atoms with Crippen LogP contribution in [0.1, 0.15) is 62.3 Å². The highest BCUT2D eigenvalue weighted by molar-refractivity contribution is 8.72. The molecule has 0 aromatic carbocycles. The molecule has 0 spiro atoms. The first-order valence-corrected chi connectivity index (χ1v) is 15.5. The van der Waals surface area contributed by atoms with Gasteiger partial charge in [-0.2, -0.15) is 0 Å². The van der Waals surface area contributed by atoms with E-state index < -0.39 is 15.8 Å². The third-order valence-electron chi connectivity index (χ3n) is 6.99. The highest BCUT2D eigenvalue weighted by atomic mass is 32.7. The molecular formula is C21H33O4P3S. The molecule has 0 aromatic heterocycles. The van der Waals surface area contributed by atoms with Crippen molar-refractivity contribution in [3.63, 3.8) is 0 Å². The lowest BCUT2D eigenvalue weighted by molar-refractivity contribution is -0.138. The molecule has 162 valence electrons. The molecule has 0 aliphatic carbocycles. The molecule has 4 saturated heterocycles. The van der Waals surface area contributed by atoms with E-state index in [1.807, 2.05) is 0 Å². The lowest BCUT2D eigenvalue weighted by atomic mass is 9.80. The summed E-state index contributed by atoms with van der Waals surface area (Å²) in [5.74, 6) is -0.601. The maximum absolute atomic E-state index is 13.2. The molecule has 8 heteroatoms. The number of rotatable bonds is 2. The molecule has 0 saturated carbocycles. The number of ether oxygens (including phenoxy) is 2. The fraction of sp³-hybridized carbons (Fsp3) is 0.810. The molecule has 6 atom stereocenters. The lowest BCUT2D eigenvalue weighted by Crippen LogP contribution is -2.42. The summed E-state index contributed by atoms with van der Waals surface area (Å²) in [6.07, 6.45) is 0. The van der Waals surface area contributed by atoms with Gasteiger partial charge >= 0.3 is 11.9 Å². The molecule has 5 heterocycles. The summed E-state index contributed by atoms with van der Waals surface area (Å²) >= 11 is 2.18. The minimum Gasteiger partial charge on any atom is -0.465 e. The van der Waals surface area contributed by atoms with Crippen LogP contribution in [0.25, 0.3) is 0 Å². The first-order chi connectivity index (χ1) is 13.0. The highest BCUT2D eigenvalue weighted by Gasteiger charge is 3.05. The van der Waals surface area contributed by atoms with Crippen LogP contribution < -0.4 is 0 Å². The molecule has 5 rings (SSSR count). The minimum atomic E-state index is -0.862. The summed E-state index contributed by atoms with van der Waals surface area (Å²) in [7, 11) is 0.811. The first kappa shape index (κ1) is 22.5. The van der Waals surface area contributed by atoms with Gasteiger partial charge in [-0.05, 0) is 39.2 Å². The Morgan fingerprint density at radius 2 is 1.07 bits per heavy atom. The topological polar surface area (TPSA) is 52.6 Å². The molecule has 5 aliphatic rings. The van der Waals surface area contributed by atoms with Gasteiger partial charge in [0.05, 0.1) is 29.1 Å². The summed E-state index contributed by atoms with van der Waals surface area (Å²) in [6.45, 7) is 21.1. The van der Waals surface area contributed by atoms with E-state index in [0.717, 1.165) is 0 Å². The molecular weight excluding hydrogens is 441 g/mol. The third kappa shape index (κ3) is 1.99. The van der Waals surface area contributed by atoms with Crippen molar-refractivity contribution in [3.05, 3.63) is 10.6 Å². The van der Waals surface area contributed by atoms with Gasteiger partial charge in [0.15, 0.2) is 0 Å². The van der Waals surface area contributed by atoms with Gasteiger partial charge in [-0.25, -0.2) is 9.59 Å². The monoisotopic (exact) mass is 474 g/mol. The maximum atomic E-state index is 13.2. The van der Waals surface area contributed by atoms with Crippen LogP contribution in [-0.2, 0) is 19.1 Å². The molecule has 4 fully saturated rings. The normalized spacial score (nSPS) is 42.4. The Morgan fingerprint density at radius 1 is 0.724 bits per heavy atom. The van der Waals surface area contributed by atoms with Crippen molar-refractivity contribution in [2.24, 2.45) is 16.2 Å². The molecule has 29 heavy (non-hydrogen) atoms. The summed E-state index contributed by atoms with van der Waals surface area (Å²) in [5.41, 5.74) is 0.118. The zero-order valence-electron chi connectivity index (χ0n) is 19.4. The largest absolute Gasteiger partial charge is 0.465 e. The Kier molecular flexibility index (Phi) is 4.51. The van der Waals surface area contributed by atoms with E-state index >= 15 is 0 Å². The molecule has 4 unspecified atom stereocenters. The van der Waals surface area contributed by atoms with Crippen LogP contribution in [0, 0.1) is 16.2 Å². The van der Waals surface area contributed by atoms with E-state index in [9.17, 15) is 9.59 Å². The van der Waals surface area contributed by atoms with Crippen LogP contribution >= 0.6 is 34.3 Å². The zero-order chi connectivity index (χ0) is 22.2. The Balaban J connectivity index is 2.14. The van der Waals surface area contributed by atoms with Crippen molar-refractivity contribution < 1.29 is 19.1 Å². The number of methoxy groups -OCH3 is 2. The van der Waals surface area contributed by atoms with Gasteiger partial charge in [-0.3, -0.25) is 0 Å². The third-order valence-corrected chi connectivity index (χ3v) is 29.2. The number of hydrogen-bond donors (Lipinski definition) is 0. The van der Waals surface area contributed by atoms with E-state index in [1.54, 1.807) is 0 Å². The molecule has 0 aromatic rings. The van der Waals surface area contributed by atoms with Crippen molar-refractivity contribution >= 4 is 46.3 Å².